The Morgan fingerprint density at radius 2 is 1.89 bits per heavy atom. The molecule has 2 heterocycles. The smallest absolute Gasteiger partial charge is 0.414 e. The number of rotatable bonds is 2. The molecule has 1 aromatic heterocycles. The first kappa shape index (κ1) is 19.4. The SMILES string of the molecule is Cc1cc2c(cc1O)C(C1(c3ccsc3)CC1)N(C)CC2.O=C(O)C(=O)O. The van der Waals surface area contributed by atoms with Gasteiger partial charge in [-0.15, -0.1) is 0 Å². The zero-order chi connectivity index (χ0) is 19.8. The van der Waals surface area contributed by atoms with Crippen LogP contribution in [0.4, 0.5) is 0 Å². The Labute approximate surface area is 161 Å². The molecule has 1 aromatic carbocycles. The van der Waals surface area contributed by atoms with Crippen molar-refractivity contribution in [2.24, 2.45) is 0 Å². The summed E-state index contributed by atoms with van der Waals surface area (Å²) in [5.74, 6) is -3.21. The van der Waals surface area contributed by atoms with Gasteiger partial charge in [0.15, 0.2) is 0 Å². The molecule has 1 aliphatic heterocycles. The average molecular weight is 389 g/mol. The largest absolute Gasteiger partial charge is 0.508 e. The molecule has 1 unspecified atom stereocenters. The fraction of sp³-hybridized carbons (Fsp3) is 0.400. The lowest BCUT2D eigenvalue weighted by atomic mass is 9.79. The number of likely N-dealkylation sites (N-methyl/N-ethyl adjacent to an activating group) is 1. The van der Waals surface area contributed by atoms with Crippen LogP contribution in [-0.4, -0.2) is 45.8 Å². The van der Waals surface area contributed by atoms with Crippen molar-refractivity contribution in [2.75, 3.05) is 13.6 Å². The van der Waals surface area contributed by atoms with E-state index in [4.69, 9.17) is 19.8 Å². The van der Waals surface area contributed by atoms with Gasteiger partial charge in [-0.05, 0) is 78.4 Å². The number of nitrogens with zero attached hydrogens (tertiary/aromatic N) is 1. The highest BCUT2D eigenvalue weighted by Gasteiger charge is 2.54. The molecule has 4 rings (SSSR count). The van der Waals surface area contributed by atoms with Gasteiger partial charge in [-0.1, -0.05) is 6.07 Å². The Bertz CT molecular complexity index is 846. The molecule has 0 bridgehead atoms. The van der Waals surface area contributed by atoms with Gasteiger partial charge in [0, 0.05) is 18.0 Å². The summed E-state index contributed by atoms with van der Waals surface area (Å²) in [6.07, 6.45) is 3.60. The van der Waals surface area contributed by atoms with E-state index in [9.17, 15) is 5.11 Å². The van der Waals surface area contributed by atoms with Crippen molar-refractivity contribution < 1.29 is 24.9 Å². The zero-order valence-electron chi connectivity index (χ0n) is 15.3. The minimum absolute atomic E-state index is 0.269. The van der Waals surface area contributed by atoms with Crippen LogP contribution in [-0.2, 0) is 21.4 Å². The third-order valence-corrected chi connectivity index (χ3v) is 6.20. The number of aromatic hydroxyl groups is 1. The lowest BCUT2D eigenvalue weighted by Crippen LogP contribution is -2.39. The van der Waals surface area contributed by atoms with Crippen LogP contribution < -0.4 is 0 Å². The molecule has 0 radical (unpaired) electrons. The highest BCUT2D eigenvalue weighted by molar-refractivity contribution is 7.08. The molecule has 1 aliphatic carbocycles. The van der Waals surface area contributed by atoms with Crippen LogP contribution in [0.2, 0.25) is 0 Å². The number of phenols is 1. The highest BCUT2D eigenvalue weighted by atomic mass is 32.1. The van der Waals surface area contributed by atoms with Crippen LogP contribution in [0.1, 0.15) is 41.1 Å². The summed E-state index contributed by atoms with van der Waals surface area (Å²) in [5.41, 5.74) is 5.52. The van der Waals surface area contributed by atoms with Gasteiger partial charge < -0.3 is 15.3 Å². The molecule has 7 heteroatoms. The minimum Gasteiger partial charge on any atom is -0.508 e. The summed E-state index contributed by atoms with van der Waals surface area (Å²) in [7, 11) is 2.23. The molecular formula is C20H23NO5S. The molecule has 6 nitrogen and oxygen atoms in total. The molecule has 1 fully saturated rings. The number of hydrogen-bond acceptors (Lipinski definition) is 5. The van der Waals surface area contributed by atoms with E-state index in [-0.39, 0.29) is 5.41 Å². The number of thiophene rings is 1. The highest BCUT2D eigenvalue weighted by Crippen LogP contribution is 2.60. The van der Waals surface area contributed by atoms with Gasteiger partial charge in [-0.25, -0.2) is 9.59 Å². The zero-order valence-corrected chi connectivity index (χ0v) is 16.1. The first-order chi connectivity index (χ1) is 12.8. The normalized spacial score (nSPS) is 20.1. The second-order valence-corrected chi connectivity index (χ2v) is 8.03. The second kappa shape index (κ2) is 7.32. The summed E-state index contributed by atoms with van der Waals surface area (Å²) in [6.45, 7) is 3.10. The monoisotopic (exact) mass is 389 g/mol. The maximum atomic E-state index is 10.2. The molecule has 1 saturated carbocycles. The van der Waals surface area contributed by atoms with Gasteiger partial charge >= 0.3 is 11.9 Å². The van der Waals surface area contributed by atoms with E-state index >= 15 is 0 Å². The van der Waals surface area contributed by atoms with Crippen LogP contribution in [0.3, 0.4) is 0 Å². The van der Waals surface area contributed by atoms with Crippen LogP contribution in [0.25, 0.3) is 0 Å². The summed E-state index contributed by atoms with van der Waals surface area (Å²) < 4.78 is 0. The van der Waals surface area contributed by atoms with Crippen molar-refractivity contribution >= 4 is 23.3 Å². The lowest BCUT2D eigenvalue weighted by molar-refractivity contribution is -0.159. The number of benzene rings is 1. The second-order valence-electron chi connectivity index (χ2n) is 7.25. The van der Waals surface area contributed by atoms with Crippen LogP contribution in [0, 0.1) is 6.92 Å². The Balaban J connectivity index is 0.000000307. The van der Waals surface area contributed by atoms with Crippen LogP contribution in [0.15, 0.2) is 29.0 Å². The van der Waals surface area contributed by atoms with Crippen molar-refractivity contribution in [3.8, 4) is 5.75 Å². The molecule has 27 heavy (non-hydrogen) atoms. The summed E-state index contributed by atoms with van der Waals surface area (Å²) in [6, 6.07) is 6.90. The van der Waals surface area contributed by atoms with Gasteiger partial charge in [0.2, 0.25) is 0 Å². The Kier molecular flexibility index (Phi) is 5.26. The molecule has 2 aliphatic rings. The van der Waals surface area contributed by atoms with Crippen LogP contribution in [0.5, 0.6) is 5.75 Å². The fourth-order valence-electron chi connectivity index (χ4n) is 4.03. The molecule has 1 atom stereocenters. The third kappa shape index (κ3) is 3.70. The van der Waals surface area contributed by atoms with Gasteiger partial charge in [-0.2, -0.15) is 11.3 Å². The predicted octanol–water partition coefficient (Wildman–Crippen LogP) is 3.18. The molecule has 0 saturated heterocycles. The Hall–Kier alpha value is -2.38. The van der Waals surface area contributed by atoms with E-state index in [2.05, 4.69) is 34.8 Å². The third-order valence-electron chi connectivity index (χ3n) is 5.52. The first-order valence-electron chi connectivity index (χ1n) is 8.78. The van der Waals surface area contributed by atoms with Gasteiger partial charge in [0.25, 0.3) is 0 Å². The number of phenolic OH excluding ortho intramolecular Hbond substituents is 1. The minimum atomic E-state index is -1.82. The molecule has 0 amide bonds. The number of aliphatic carboxylic acids is 2. The number of carboxylic acids is 2. The number of aryl methyl sites for hydroxylation is 1. The molecular weight excluding hydrogens is 366 g/mol. The van der Waals surface area contributed by atoms with Crippen molar-refractivity contribution in [3.63, 3.8) is 0 Å². The van der Waals surface area contributed by atoms with Gasteiger partial charge in [-0.3, -0.25) is 4.90 Å². The molecule has 0 spiro atoms. The van der Waals surface area contributed by atoms with Crippen molar-refractivity contribution in [1.82, 2.24) is 4.90 Å². The van der Waals surface area contributed by atoms with E-state index in [0.717, 1.165) is 18.5 Å². The maximum Gasteiger partial charge on any atom is 0.414 e. The van der Waals surface area contributed by atoms with E-state index in [0.29, 0.717) is 11.8 Å². The Morgan fingerprint density at radius 1 is 1.22 bits per heavy atom. The summed E-state index contributed by atoms with van der Waals surface area (Å²) >= 11 is 1.79. The van der Waals surface area contributed by atoms with Crippen molar-refractivity contribution in [3.05, 3.63) is 51.2 Å². The molecule has 3 N–H and O–H groups in total. The van der Waals surface area contributed by atoms with E-state index in [1.165, 1.54) is 29.5 Å². The number of hydrogen-bond donors (Lipinski definition) is 3. The van der Waals surface area contributed by atoms with E-state index < -0.39 is 11.9 Å². The van der Waals surface area contributed by atoms with Gasteiger partial charge in [0.1, 0.15) is 5.75 Å². The lowest BCUT2D eigenvalue weighted by Gasteiger charge is -2.40. The molecule has 144 valence electrons. The summed E-state index contributed by atoms with van der Waals surface area (Å²) in [4.78, 5) is 20.7. The first-order valence-corrected chi connectivity index (χ1v) is 9.72. The fourth-order valence-corrected chi connectivity index (χ4v) is 4.79. The number of carbonyl (C=O) groups is 2. The summed E-state index contributed by atoms with van der Waals surface area (Å²) in [5, 5.41) is 29.5. The standard InChI is InChI=1S/C18H21NOS.C2H2O4/c1-12-9-13-3-7-19(2)17(15(13)10-16(12)20)18(5-6-18)14-4-8-21-11-14;3-1(4)2(5)6/h4,8-11,17,20H,3,5-7H2,1-2H3;(H,3,4)(H,5,6). The average Bonchev–Trinajstić information content (AvgIpc) is 3.20. The molecule has 2 aromatic rings. The number of fused-ring (bicyclic) bond motifs is 1. The topological polar surface area (TPSA) is 98.1 Å². The van der Waals surface area contributed by atoms with E-state index in [1.54, 1.807) is 11.3 Å². The van der Waals surface area contributed by atoms with Crippen LogP contribution >= 0.6 is 11.3 Å². The van der Waals surface area contributed by atoms with Crippen molar-refractivity contribution in [1.29, 1.82) is 0 Å². The van der Waals surface area contributed by atoms with Crippen molar-refractivity contribution in [2.45, 2.75) is 37.6 Å². The maximum absolute atomic E-state index is 10.2. The number of carboxylic acid groups (broad SMARTS) is 2. The quantitative estimate of drug-likeness (QED) is 0.683. The van der Waals surface area contributed by atoms with E-state index in [1.807, 2.05) is 13.0 Å². The predicted molar refractivity (Wildman–Crippen MR) is 102 cm³/mol. The van der Waals surface area contributed by atoms with Gasteiger partial charge in [0.05, 0.1) is 0 Å². The Morgan fingerprint density at radius 3 is 2.41 bits per heavy atom.